The van der Waals surface area contributed by atoms with E-state index in [4.69, 9.17) is 11.5 Å². The number of hydrogen-bond donors (Lipinski definition) is 3. The maximum atomic E-state index is 12.3. The van der Waals surface area contributed by atoms with Gasteiger partial charge in [0.1, 0.15) is 6.04 Å². The third-order valence-electron chi connectivity index (χ3n) is 3.67. The summed E-state index contributed by atoms with van der Waals surface area (Å²) in [4.78, 5) is 23.3. The fourth-order valence-electron chi connectivity index (χ4n) is 2.28. The van der Waals surface area contributed by atoms with Gasteiger partial charge in [0.15, 0.2) is 0 Å². The molecule has 5 heteroatoms. The SMILES string of the molecule is C#CCC(NC(=O)C1(C(C)C)CCNC1)C(=O)O. The number of carbonyl (C=O) groups is 2. The molecule has 0 aromatic heterocycles. The first-order valence-electron chi connectivity index (χ1n) is 6.12. The van der Waals surface area contributed by atoms with E-state index in [-0.39, 0.29) is 18.2 Å². The van der Waals surface area contributed by atoms with E-state index >= 15 is 0 Å². The van der Waals surface area contributed by atoms with Crippen molar-refractivity contribution in [3.63, 3.8) is 0 Å². The topological polar surface area (TPSA) is 78.4 Å². The van der Waals surface area contributed by atoms with Crippen LogP contribution in [0.1, 0.15) is 26.7 Å². The summed E-state index contributed by atoms with van der Waals surface area (Å²) in [7, 11) is 0. The van der Waals surface area contributed by atoms with Crippen LogP contribution in [0.3, 0.4) is 0 Å². The number of hydrogen-bond acceptors (Lipinski definition) is 3. The lowest BCUT2D eigenvalue weighted by molar-refractivity contribution is -0.144. The Morgan fingerprint density at radius 3 is 2.61 bits per heavy atom. The van der Waals surface area contributed by atoms with Gasteiger partial charge in [0.25, 0.3) is 0 Å². The molecular weight excluding hydrogens is 232 g/mol. The van der Waals surface area contributed by atoms with Gasteiger partial charge in [-0.1, -0.05) is 13.8 Å². The van der Waals surface area contributed by atoms with Gasteiger partial charge in [0, 0.05) is 13.0 Å². The zero-order chi connectivity index (χ0) is 13.8. The highest BCUT2D eigenvalue weighted by molar-refractivity contribution is 5.88. The molecule has 5 nitrogen and oxygen atoms in total. The van der Waals surface area contributed by atoms with E-state index in [0.29, 0.717) is 6.54 Å². The summed E-state index contributed by atoms with van der Waals surface area (Å²) in [6.07, 6.45) is 5.84. The molecule has 0 aromatic rings. The zero-order valence-corrected chi connectivity index (χ0v) is 10.8. The van der Waals surface area contributed by atoms with E-state index in [9.17, 15) is 9.59 Å². The monoisotopic (exact) mass is 252 g/mol. The fraction of sp³-hybridized carbons (Fsp3) is 0.692. The molecule has 0 saturated carbocycles. The second-order valence-electron chi connectivity index (χ2n) is 5.01. The molecule has 1 amide bonds. The molecule has 100 valence electrons. The Bertz CT molecular complexity index is 365. The van der Waals surface area contributed by atoms with Crippen molar-refractivity contribution in [3.8, 4) is 12.3 Å². The van der Waals surface area contributed by atoms with Gasteiger partial charge in [-0.2, -0.15) is 0 Å². The van der Waals surface area contributed by atoms with Crippen molar-refractivity contribution in [1.82, 2.24) is 10.6 Å². The fourth-order valence-corrected chi connectivity index (χ4v) is 2.28. The normalized spacial score (nSPS) is 24.6. The molecule has 1 fully saturated rings. The van der Waals surface area contributed by atoms with Crippen LogP contribution in [0, 0.1) is 23.7 Å². The van der Waals surface area contributed by atoms with Crippen LogP contribution >= 0.6 is 0 Å². The number of aliphatic carboxylic acids is 1. The minimum absolute atomic E-state index is 0.00266. The third-order valence-corrected chi connectivity index (χ3v) is 3.67. The zero-order valence-electron chi connectivity index (χ0n) is 10.8. The Balaban J connectivity index is 2.79. The summed E-state index contributed by atoms with van der Waals surface area (Å²) in [5, 5.41) is 14.7. The third kappa shape index (κ3) is 2.82. The first kappa shape index (κ1) is 14.5. The molecule has 3 N–H and O–H groups in total. The minimum Gasteiger partial charge on any atom is -0.480 e. The molecule has 1 rings (SSSR count). The second kappa shape index (κ2) is 5.87. The van der Waals surface area contributed by atoms with Crippen LogP contribution in [0.5, 0.6) is 0 Å². The first-order chi connectivity index (χ1) is 8.44. The van der Waals surface area contributed by atoms with E-state index in [0.717, 1.165) is 13.0 Å². The molecule has 2 atom stereocenters. The average molecular weight is 252 g/mol. The van der Waals surface area contributed by atoms with Crippen molar-refractivity contribution in [2.24, 2.45) is 11.3 Å². The van der Waals surface area contributed by atoms with Crippen LogP contribution in [0.4, 0.5) is 0 Å². The highest BCUT2D eigenvalue weighted by Crippen LogP contribution is 2.34. The largest absolute Gasteiger partial charge is 0.480 e. The number of amides is 1. The van der Waals surface area contributed by atoms with Crippen LogP contribution < -0.4 is 10.6 Å². The van der Waals surface area contributed by atoms with Crippen LogP contribution in [-0.2, 0) is 9.59 Å². The van der Waals surface area contributed by atoms with Gasteiger partial charge in [-0.15, -0.1) is 12.3 Å². The van der Waals surface area contributed by atoms with Gasteiger partial charge in [0.2, 0.25) is 5.91 Å². The molecule has 1 heterocycles. The molecule has 0 aliphatic carbocycles. The van der Waals surface area contributed by atoms with Crippen LogP contribution in [0.15, 0.2) is 0 Å². The Hall–Kier alpha value is -1.54. The summed E-state index contributed by atoms with van der Waals surface area (Å²) >= 11 is 0. The lowest BCUT2D eigenvalue weighted by atomic mass is 9.75. The van der Waals surface area contributed by atoms with Gasteiger partial charge < -0.3 is 15.7 Å². The van der Waals surface area contributed by atoms with E-state index in [1.54, 1.807) is 0 Å². The molecular formula is C13H20N2O3. The second-order valence-corrected chi connectivity index (χ2v) is 5.01. The van der Waals surface area contributed by atoms with Crippen molar-refractivity contribution in [2.45, 2.75) is 32.7 Å². The summed E-state index contributed by atoms with van der Waals surface area (Å²) in [6, 6.07) is -1.00. The van der Waals surface area contributed by atoms with Crippen molar-refractivity contribution < 1.29 is 14.7 Å². The predicted molar refractivity (Wildman–Crippen MR) is 67.8 cm³/mol. The summed E-state index contributed by atoms with van der Waals surface area (Å²) in [5.41, 5.74) is -0.525. The molecule has 0 aromatic carbocycles. The molecule has 0 spiro atoms. The van der Waals surface area contributed by atoms with Crippen molar-refractivity contribution in [1.29, 1.82) is 0 Å². The first-order valence-corrected chi connectivity index (χ1v) is 6.12. The lowest BCUT2D eigenvalue weighted by Crippen LogP contribution is -2.51. The van der Waals surface area contributed by atoms with Gasteiger partial charge in [-0.3, -0.25) is 4.79 Å². The van der Waals surface area contributed by atoms with Gasteiger partial charge >= 0.3 is 5.97 Å². The minimum atomic E-state index is -1.09. The molecule has 1 saturated heterocycles. The van der Waals surface area contributed by atoms with Gasteiger partial charge in [-0.25, -0.2) is 4.79 Å². The highest BCUT2D eigenvalue weighted by atomic mass is 16.4. The number of rotatable bonds is 5. The molecule has 0 bridgehead atoms. The number of carboxylic acid groups (broad SMARTS) is 1. The Morgan fingerprint density at radius 1 is 1.56 bits per heavy atom. The van der Waals surface area contributed by atoms with Crippen molar-refractivity contribution in [2.75, 3.05) is 13.1 Å². The van der Waals surface area contributed by atoms with Crippen molar-refractivity contribution in [3.05, 3.63) is 0 Å². The number of carbonyl (C=O) groups excluding carboxylic acids is 1. The van der Waals surface area contributed by atoms with E-state index < -0.39 is 17.4 Å². The van der Waals surface area contributed by atoms with E-state index in [1.807, 2.05) is 13.8 Å². The van der Waals surface area contributed by atoms with Crippen LogP contribution in [0.25, 0.3) is 0 Å². The smallest absolute Gasteiger partial charge is 0.327 e. The Labute approximate surface area is 107 Å². The van der Waals surface area contributed by atoms with Gasteiger partial charge in [0.05, 0.1) is 5.41 Å². The summed E-state index contributed by atoms with van der Waals surface area (Å²) in [6.45, 7) is 5.31. The summed E-state index contributed by atoms with van der Waals surface area (Å²) in [5.74, 6) is 1.11. The maximum absolute atomic E-state index is 12.3. The molecule has 18 heavy (non-hydrogen) atoms. The number of carboxylic acids is 1. The molecule has 1 aliphatic heterocycles. The quantitative estimate of drug-likeness (QED) is 0.611. The Kier molecular flexibility index (Phi) is 4.74. The van der Waals surface area contributed by atoms with Gasteiger partial charge in [-0.05, 0) is 18.9 Å². The van der Waals surface area contributed by atoms with Crippen LogP contribution in [0.2, 0.25) is 0 Å². The van der Waals surface area contributed by atoms with E-state index in [2.05, 4.69) is 16.6 Å². The number of terminal acetylenes is 1. The molecule has 0 radical (unpaired) electrons. The number of nitrogens with one attached hydrogen (secondary N) is 2. The predicted octanol–water partition coefficient (Wildman–Crippen LogP) is 0.215. The highest BCUT2D eigenvalue weighted by Gasteiger charge is 2.44. The summed E-state index contributed by atoms with van der Waals surface area (Å²) < 4.78 is 0. The van der Waals surface area contributed by atoms with Crippen LogP contribution in [-0.4, -0.2) is 36.1 Å². The van der Waals surface area contributed by atoms with E-state index in [1.165, 1.54) is 0 Å². The molecule has 1 aliphatic rings. The Morgan fingerprint density at radius 2 is 2.22 bits per heavy atom. The average Bonchev–Trinajstić information content (AvgIpc) is 2.78. The van der Waals surface area contributed by atoms with Crippen molar-refractivity contribution >= 4 is 11.9 Å². The lowest BCUT2D eigenvalue weighted by Gasteiger charge is -2.32. The standard InChI is InChI=1S/C13H20N2O3/c1-4-5-10(11(16)17)15-12(18)13(9(2)3)6-7-14-8-13/h1,9-10,14H,5-8H2,2-3H3,(H,15,18)(H,16,17). The maximum Gasteiger partial charge on any atom is 0.327 e. The molecule has 2 unspecified atom stereocenters.